The van der Waals surface area contributed by atoms with E-state index >= 15 is 0 Å². The predicted octanol–water partition coefficient (Wildman–Crippen LogP) is 12.1. The number of allylic oxidation sites excluding steroid dienone is 3. The normalized spacial score (nSPS) is 14.0. The molecule has 308 valence electrons. The molecule has 0 aromatic rings. The Morgan fingerprint density at radius 3 is 1.27 bits per heavy atom. The molecule has 0 fully saturated rings. The van der Waals surface area contributed by atoms with E-state index in [0.29, 0.717) is 12.8 Å². The van der Waals surface area contributed by atoms with E-state index in [2.05, 4.69) is 31.3 Å². The number of carbonyl (C=O) groups is 1. The molecule has 8 heteroatoms. The summed E-state index contributed by atoms with van der Waals surface area (Å²) in [5.41, 5.74) is 0. The first-order chi connectivity index (χ1) is 25.2. The summed E-state index contributed by atoms with van der Waals surface area (Å²) in [5.74, 6) is -1.55. The second-order valence-corrected chi connectivity index (χ2v) is 17.0. The fourth-order valence-corrected chi connectivity index (χ4v) is 7.56. The summed E-state index contributed by atoms with van der Waals surface area (Å²) in [5, 5.41) is 23.4. The lowest BCUT2D eigenvalue weighted by Crippen LogP contribution is -2.50. The first-order valence-electron chi connectivity index (χ1n) is 22.1. The minimum atomic E-state index is -4.45. The topological polar surface area (TPSA) is 124 Å². The van der Waals surface area contributed by atoms with Crippen LogP contribution in [0.25, 0.3) is 0 Å². The van der Waals surface area contributed by atoms with E-state index in [1.54, 1.807) is 6.08 Å². The number of rotatable bonds is 40. The molecule has 0 bridgehead atoms. The van der Waals surface area contributed by atoms with Crippen molar-refractivity contribution in [3.8, 4) is 0 Å². The van der Waals surface area contributed by atoms with Gasteiger partial charge in [-0.15, -0.1) is 0 Å². The molecule has 52 heavy (non-hydrogen) atoms. The molecule has 0 aromatic carbocycles. The van der Waals surface area contributed by atoms with Crippen LogP contribution in [-0.2, 0) is 14.9 Å². The van der Waals surface area contributed by atoms with Gasteiger partial charge in [0.15, 0.2) is 0 Å². The summed E-state index contributed by atoms with van der Waals surface area (Å²) in [7, 11) is -4.45. The molecule has 0 aliphatic rings. The molecule has 3 unspecified atom stereocenters. The van der Waals surface area contributed by atoms with Crippen LogP contribution in [0.1, 0.15) is 226 Å². The van der Waals surface area contributed by atoms with E-state index in [4.69, 9.17) is 0 Å². The van der Waals surface area contributed by atoms with Gasteiger partial charge in [-0.05, 0) is 32.1 Å². The summed E-state index contributed by atoms with van der Waals surface area (Å²) in [6, 6.07) is -1.25. The van der Waals surface area contributed by atoms with Crippen LogP contribution >= 0.6 is 0 Å². The van der Waals surface area contributed by atoms with Gasteiger partial charge in [0.05, 0.1) is 17.9 Å². The SMILES string of the molecule is CCCCCCCCCCCCCCCCC/C=C/CC/C=C/C(O)C(CS(=O)(=O)O)NC(=O)C(O)CCCCCCCCCCCCCCCC. The van der Waals surface area contributed by atoms with Crippen molar-refractivity contribution in [3.63, 3.8) is 0 Å². The van der Waals surface area contributed by atoms with Crippen LogP contribution in [0.4, 0.5) is 0 Å². The highest BCUT2D eigenvalue weighted by Gasteiger charge is 2.27. The maximum atomic E-state index is 12.6. The van der Waals surface area contributed by atoms with E-state index < -0.39 is 40.0 Å². The number of unbranched alkanes of at least 4 members (excludes halogenated alkanes) is 29. The highest BCUT2D eigenvalue weighted by molar-refractivity contribution is 7.85. The lowest BCUT2D eigenvalue weighted by atomic mass is 10.0. The quantitative estimate of drug-likeness (QED) is 0.0280. The first kappa shape index (κ1) is 50.8. The van der Waals surface area contributed by atoms with Crippen molar-refractivity contribution in [3.05, 3.63) is 24.3 Å². The van der Waals surface area contributed by atoms with Crippen LogP contribution in [0.2, 0.25) is 0 Å². The average Bonchev–Trinajstić information content (AvgIpc) is 3.11. The van der Waals surface area contributed by atoms with Crippen molar-refractivity contribution in [2.24, 2.45) is 0 Å². The minimum absolute atomic E-state index is 0.278. The van der Waals surface area contributed by atoms with Gasteiger partial charge in [0.25, 0.3) is 10.1 Å². The Hall–Kier alpha value is -1.22. The lowest BCUT2D eigenvalue weighted by Gasteiger charge is -2.22. The van der Waals surface area contributed by atoms with Crippen molar-refractivity contribution in [2.45, 2.75) is 244 Å². The van der Waals surface area contributed by atoms with Crippen LogP contribution in [0.3, 0.4) is 0 Å². The monoisotopic (exact) mass is 756 g/mol. The lowest BCUT2D eigenvalue weighted by molar-refractivity contribution is -0.130. The molecule has 0 spiro atoms. The maximum Gasteiger partial charge on any atom is 0.267 e. The Morgan fingerprint density at radius 2 is 0.865 bits per heavy atom. The molecule has 3 atom stereocenters. The minimum Gasteiger partial charge on any atom is -0.387 e. The molecule has 0 rings (SSSR count). The molecular formula is C44H85NO6S. The third-order valence-electron chi connectivity index (χ3n) is 10.2. The van der Waals surface area contributed by atoms with Crippen molar-refractivity contribution < 1.29 is 28.0 Å². The van der Waals surface area contributed by atoms with Gasteiger partial charge in [-0.3, -0.25) is 9.35 Å². The molecule has 0 saturated carbocycles. The summed E-state index contributed by atoms with van der Waals surface area (Å²) < 4.78 is 32.6. The van der Waals surface area contributed by atoms with Gasteiger partial charge in [-0.1, -0.05) is 218 Å². The zero-order valence-electron chi connectivity index (χ0n) is 34.1. The van der Waals surface area contributed by atoms with Gasteiger partial charge >= 0.3 is 0 Å². The molecule has 0 aromatic heterocycles. The standard InChI is InChI=1S/C44H85NO6S/c1-3-5-7-9-11-13-15-17-19-20-21-22-23-24-25-27-28-30-32-34-36-38-42(46)41(40-52(49,50)51)45-44(48)43(47)39-37-35-33-31-29-26-18-16-14-12-10-8-6-4-2/h28,30,36,38,41-43,46-47H,3-27,29,31-35,37,39-40H2,1-2H3,(H,45,48)(H,49,50,51)/b30-28+,38-36+. The number of carbonyl (C=O) groups excluding carboxylic acids is 1. The highest BCUT2D eigenvalue weighted by Crippen LogP contribution is 2.16. The molecular weight excluding hydrogens is 671 g/mol. The Bertz CT molecular complexity index is 937. The van der Waals surface area contributed by atoms with Gasteiger partial charge in [-0.2, -0.15) is 8.42 Å². The van der Waals surface area contributed by atoms with E-state index in [1.807, 2.05) is 0 Å². The second-order valence-electron chi connectivity index (χ2n) is 15.5. The molecule has 4 N–H and O–H groups in total. The number of aliphatic hydroxyl groups excluding tert-OH is 2. The van der Waals surface area contributed by atoms with E-state index in [9.17, 15) is 28.0 Å². The van der Waals surface area contributed by atoms with Gasteiger partial charge in [-0.25, -0.2) is 0 Å². The molecule has 0 aliphatic carbocycles. The number of hydrogen-bond acceptors (Lipinski definition) is 5. The van der Waals surface area contributed by atoms with Gasteiger partial charge in [0, 0.05) is 0 Å². The van der Waals surface area contributed by atoms with Crippen LogP contribution in [-0.4, -0.2) is 53.1 Å². The highest BCUT2D eigenvalue weighted by atomic mass is 32.2. The Balaban J connectivity index is 4.01. The van der Waals surface area contributed by atoms with Crippen molar-refractivity contribution in [1.82, 2.24) is 5.32 Å². The van der Waals surface area contributed by atoms with Crippen LogP contribution < -0.4 is 5.32 Å². The fraction of sp³-hybridized carbons (Fsp3) is 0.886. The largest absolute Gasteiger partial charge is 0.387 e. The summed E-state index contributed by atoms with van der Waals surface area (Å²) in [6.07, 6.45) is 45.3. The predicted molar refractivity (Wildman–Crippen MR) is 222 cm³/mol. The van der Waals surface area contributed by atoms with Gasteiger partial charge < -0.3 is 15.5 Å². The maximum absolute atomic E-state index is 12.6. The molecule has 0 aliphatic heterocycles. The Kier molecular flexibility index (Phi) is 37.2. The zero-order chi connectivity index (χ0) is 38.4. The first-order valence-corrected chi connectivity index (χ1v) is 23.8. The smallest absolute Gasteiger partial charge is 0.267 e. The van der Waals surface area contributed by atoms with Crippen LogP contribution in [0.5, 0.6) is 0 Å². The third-order valence-corrected chi connectivity index (χ3v) is 11.0. The molecule has 1 amide bonds. The van der Waals surface area contributed by atoms with Crippen molar-refractivity contribution in [2.75, 3.05) is 5.75 Å². The van der Waals surface area contributed by atoms with Crippen LogP contribution in [0, 0.1) is 0 Å². The summed E-state index contributed by atoms with van der Waals surface area (Å²) in [6.45, 7) is 4.52. The molecule has 0 heterocycles. The average molecular weight is 756 g/mol. The van der Waals surface area contributed by atoms with Crippen molar-refractivity contribution in [1.29, 1.82) is 0 Å². The van der Waals surface area contributed by atoms with Crippen molar-refractivity contribution >= 4 is 16.0 Å². The van der Waals surface area contributed by atoms with Crippen LogP contribution in [0.15, 0.2) is 24.3 Å². The molecule has 7 nitrogen and oxygen atoms in total. The van der Waals surface area contributed by atoms with E-state index in [-0.39, 0.29) is 6.42 Å². The molecule has 0 saturated heterocycles. The Labute approximate surface area is 322 Å². The Morgan fingerprint density at radius 1 is 0.519 bits per heavy atom. The fourth-order valence-electron chi connectivity index (χ4n) is 6.83. The number of nitrogens with one attached hydrogen (secondary N) is 1. The van der Waals surface area contributed by atoms with Gasteiger partial charge in [0.2, 0.25) is 5.91 Å². The van der Waals surface area contributed by atoms with Gasteiger partial charge in [0.1, 0.15) is 6.10 Å². The van der Waals surface area contributed by atoms with E-state index in [0.717, 1.165) is 32.1 Å². The summed E-state index contributed by atoms with van der Waals surface area (Å²) >= 11 is 0. The number of aliphatic hydroxyl groups is 2. The second kappa shape index (κ2) is 38.1. The number of amides is 1. The third kappa shape index (κ3) is 37.1. The number of hydrogen-bond donors (Lipinski definition) is 4. The zero-order valence-corrected chi connectivity index (χ0v) is 34.9. The molecule has 0 radical (unpaired) electrons. The van der Waals surface area contributed by atoms with E-state index in [1.165, 1.54) is 167 Å². The summed E-state index contributed by atoms with van der Waals surface area (Å²) in [4.78, 5) is 12.6.